The van der Waals surface area contributed by atoms with E-state index in [1.54, 1.807) is 15.2 Å². The highest BCUT2D eigenvalue weighted by atomic mass is 32.2. The smallest absolute Gasteiger partial charge is 0.246 e. The normalized spacial score (nSPS) is 19.6. The maximum Gasteiger partial charge on any atom is 0.246 e. The Hall–Kier alpha value is -0.880. The summed E-state index contributed by atoms with van der Waals surface area (Å²) in [5.74, 6) is 0.620. The van der Waals surface area contributed by atoms with Crippen LogP contribution < -0.4 is 0 Å². The molecule has 1 saturated heterocycles. The first-order valence-corrected chi connectivity index (χ1v) is 7.89. The Morgan fingerprint density at radius 3 is 2.44 bits per heavy atom. The number of hydrogen-bond donors (Lipinski definition) is 0. The lowest BCUT2D eigenvalue weighted by molar-refractivity contribution is 0.288. The minimum Gasteiger partial charge on any atom is -0.269 e. The van der Waals surface area contributed by atoms with E-state index < -0.39 is 10.0 Å². The summed E-state index contributed by atoms with van der Waals surface area (Å²) in [5.41, 5.74) is 0. The Kier molecular flexibility index (Phi) is 3.77. The molecule has 0 N–H and O–H groups in total. The Balaban J connectivity index is 2.19. The van der Waals surface area contributed by atoms with Gasteiger partial charge in [0.05, 0.1) is 6.20 Å². The Labute approximate surface area is 109 Å². The van der Waals surface area contributed by atoms with E-state index in [9.17, 15) is 8.42 Å². The molecule has 1 aliphatic heterocycles. The molecule has 0 saturated carbocycles. The van der Waals surface area contributed by atoms with Gasteiger partial charge in [0.25, 0.3) is 0 Å². The Bertz CT molecular complexity index is 499. The number of nitrogens with zero attached hydrogens (tertiary/aromatic N) is 3. The summed E-state index contributed by atoms with van der Waals surface area (Å²) in [6.07, 6.45) is 4.96. The first-order valence-electron chi connectivity index (χ1n) is 6.45. The molecule has 2 heterocycles. The fraction of sp³-hybridized carbons (Fsp3) is 0.750. The summed E-state index contributed by atoms with van der Waals surface area (Å²) in [4.78, 5) is 0.311. The number of sulfonamides is 1. The van der Waals surface area contributed by atoms with E-state index in [2.05, 4.69) is 12.0 Å². The van der Waals surface area contributed by atoms with Crippen LogP contribution in [0.1, 0.15) is 39.7 Å². The summed E-state index contributed by atoms with van der Waals surface area (Å²) in [7, 11) is -3.35. The second-order valence-corrected chi connectivity index (χ2v) is 7.27. The molecular weight excluding hydrogens is 250 g/mol. The van der Waals surface area contributed by atoms with Crippen molar-refractivity contribution in [2.75, 3.05) is 13.1 Å². The topological polar surface area (TPSA) is 55.2 Å². The van der Waals surface area contributed by atoms with Crippen LogP contribution in [0.5, 0.6) is 0 Å². The highest BCUT2D eigenvalue weighted by Gasteiger charge is 2.29. The van der Waals surface area contributed by atoms with E-state index in [1.165, 1.54) is 6.20 Å². The van der Waals surface area contributed by atoms with Crippen LogP contribution in [-0.4, -0.2) is 35.6 Å². The maximum atomic E-state index is 12.4. The van der Waals surface area contributed by atoms with Gasteiger partial charge in [0.1, 0.15) is 4.90 Å². The van der Waals surface area contributed by atoms with E-state index >= 15 is 0 Å². The Morgan fingerprint density at radius 2 is 1.94 bits per heavy atom. The van der Waals surface area contributed by atoms with Gasteiger partial charge in [-0.1, -0.05) is 6.92 Å². The van der Waals surface area contributed by atoms with Crippen molar-refractivity contribution >= 4 is 10.0 Å². The standard InChI is InChI=1S/C12H21N3O2S/c1-10(2)15-9-12(8-13-15)18(16,17)14-6-4-11(3)5-7-14/h8-11H,4-7H2,1-3H3. The van der Waals surface area contributed by atoms with Gasteiger partial charge in [-0.3, -0.25) is 4.68 Å². The molecule has 1 aromatic heterocycles. The lowest BCUT2D eigenvalue weighted by Crippen LogP contribution is -2.37. The van der Waals surface area contributed by atoms with Crippen LogP contribution in [0.3, 0.4) is 0 Å². The summed E-state index contributed by atoms with van der Waals surface area (Å²) < 4.78 is 28.1. The first-order chi connectivity index (χ1) is 8.41. The maximum absolute atomic E-state index is 12.4. The van der Waals surface area contributed by atoms with E-state index in [-0.39, 0.29) is 6.04 Å². The van der Waals surface area contributed by atoms with Gasteiger partial charge in [0, 0.05) is 25.3 Å². The quantitative estimate of drug-likeness (QED) is 0.843. The van der Waals surface area contributed by atoms with Gasteiger partial charge in [0.2, 0.25) is 10.0 Å². The summed E-state index contributed by atoms with van der Waals surface area (Å²) in [5, 5.41) is 4.10. The molecule has 0 bridgehead atoms. The SMILES string of the molecule is CC1CCN(S(=O)(=O)c2cnn(C(C)C)c2)CC1. The Morgan fingerprint density at radius 1 is 1.33 bits per heavy atom. The average Bonchev–Trinajstić information content (AvgIpc) is 2.79. The minimum atomic E-state index is -3.35. The molecule has 0 unspecified atom stereocenters. The van der Waals surface area contributed by atoms with Crippen molar-refractivity contribution in [3.05, 3.63) is 12.4 Å². The molecule has 2 rings (SSSR count). The summed E-state index contributed by atoms with van der Waals surface area (Å²) in [6, 6.07) is 0.176. The molecule has 0 spiro atoms. The molecule has 0 amide bonds. The van der Waals surface area contributed by atoms with Crippen molar-refractivity contribution in [2.24, 2.45) is 5.92 Å². The van der Waals surface area contributed by atoms with Gasteiger partial charge < -0.3 is 0 Å². The van der Waals surface area contributed by atoms with Crippen molar-refractivity contribution in [3.63, 3.8) is 0 Å². The highest BCUT2D eigenvalue weighted by Crippen LogP contribution is 2.23. The zero-order valence-electron chi connectivity index (χ0n) is 11.2. The van der Waals surface area contributed by atoms with Crippen LogP contribution in [0.2, 0.25) is 0 Å². The molecule has 0 aromatic carbocycles. The molecule has 0 aliphatic carbocycles. The van der Waals surface area contributed by atoms with Crippen molar-refractivity contribution in [1.29, 1.82) is 0 Å². The van der Waals surface area contributed by atoms with Gasteiger partial charge >= 0.3 is 0 Å². The number of rotatable bonds is 3. The number of aromatic nitrogens is 2. The van der Waals surface area contributed by atoms with E-state index in [4.69, 9.17) is 0 Å². The molecule has 0 radical (unpaired) electrons. The molecule has 1 fully saturated rings. The summed E-state index contributed by atoms with van der Waals surface area (Å²) >= 11 is 0. The predicted molar refractivity (Wildman–Crippen MR) is 69.8 cm³/mol. The van der Waals surface area contributed by atoms with Crippen LogP contribution >= 0.6 is 0 Å². The van der Waals surface area contributed by atoms with Gasteiger partial charge in [-0.15, -0.1) is 0 Å². The van der Waals surface area contributed by atoms with Gasteiger partial charge in [-0.05, 0) is 32.6 Å². The number of piperidine rings is 1. The zero-order valence-corrected chi connectivity index (χ0v) is 12.0. The molecule has 18 heavy (non-hydrogen) atoms. The van der Waals surface area contributed by atoms with Crippen LogP contribution in [0.25, 0.3) is 0 Å². The molecule has 1 aromatic rings. The van der Waals surface area contributed by atoms with Crippen LogP contribution in [-0.2, 0) is 10.0 Å². The first kappa shape index (κ1) is 13.5. The third kappa shape index (κ3) is 2.59. The van der Waals surface area contributed by atoms with E-state index in [0.29, 0.717) is 23.9 Å². The highest BCUT2D eigenvalue weighted by molar-refractivity contribution is 7.89. The van der Waals surface area contributed by atoms with Crippen LogP contribution in [0, 0.1) is 5.92 Å². The molecule has 1 aliphatic rings. The minimum absolute atomic E-state index is 0.176. The van der Waals surface area contributed by atoms with Crippen LogP contribution in [0.15, 0.2) is 17.3 Å². The molecule has 6 heteroatoms. The van der Waals surface area contributed by atoms with Gasteiger partial charge in [-0.2, -0.15) is 9.40 Å². The molecule has 0 atom stereocenters. The zero-order chi connectivity index (χ0) is 13.3. The second kappa shape index (κ2) is 5.01. The fourth-order valence-corrected chi connectivity index (χ4v) is 3.52. The lowest BCUT2D eigenvalue weighted by Gasteiger charge is -2.28. The molecular formula is C12H21N3O2S. The fourth-order valence-electron chi connectivity index (χ4n) is 2.11. The van der Waals surface area contributed by atoms with Crippen LogP contribution in [0.4, 0.5) is 0 Å². The molecule has 102 valence electrons. The van der Waals surface area contributed by atoms with E-state index in [1.807, 2.05) is 13.8 Å². The van der Waals surface area contributed by atoms with Crippen molar-refractivity contribution < 1.29 is 8.42 Å². The monoisotopic (exact) mass is 271 g/mol. The van der Waals surface area contributed by atoms with Gasteiger partial charge in [0.15, 0.2) is 0 Å². The third-order valence-electron chi connectivity index (χ3n) is 3.49. The second-order valence-electron chi connectivity index (χ2n) is 5.34. The lowest BCUT2D eigenvalue weighted by atomic mass is 10.0. The predicted octanol–water partition coefficient (Wildman–Crippen LogP) is 1.88. The van der Waals surface area contributed by atoms with Crippen molar-refractivity contribution in [1.82, 2.24) is 14.1 Å². The number of hydrogen-bond acceptors (Lipinski definition) is 3. The van der Waals surface area contributed by atoms with E-state index in [0.717, 1.165) is 12.8 Å². The molecule has 5 nitrogen and oxygen atoms in total. The van der Waals surface area contributed by atoms with Gasteiger partial charge in [-0.25, -0.2) is 8.42 Å². The third-order valence-corrected chi connectivity index (χ3v) is 5.34. The van der Waals surface area contributed by atoms with Crippen molar-refractivity contribution in [2.45, 2.75) is 44.6 Å². The van der Waals surface area contributed by atoms with Crippen molar-refractivity contribution in [3.8, 4) is 0 Å². The largest absolute Gasteiger partial charge is 0.269 e. The average molecular weight is 271 g/mol. The summed E-state index contributed by atoms with van der Waals surface area (Å²) in [6.45, 7) is 7.37.